The summed E-state index contributed by atoms with van der Waals surface area (Å²) in [7, 11) is -4.12. The molecule has 1 unspecified atom stereocenters. The zero-order chi connectivity index (χ0) is 10.6. The summed E-state index contributed by atoms with van der Waals surface area (Å²) in [6.07, 6.45) is 1.01. The number of hydrogen-bond acceptors (Lipinski definition) is 2. The van der Waals surface area contributed by atoms with Gasteiger partial charge in [-0.2, -0.15) is 8.42 Å². The second-order valence-electron chi connectivity index (χ2n) is 3.33. The molecule has 0 bridgehead atoms. The summed E-state index contributed by atoms with van der Waals surface area (Å²) in [5.41, 5.74) is 1.06. The highest BCUT2D eigenvalue weighted by Crippen LogP contribution is 2.09. The molecule has 0 heterocycles. The highest BCUT2D eigenvalue weighted by molar-refractivity contribution is 7.86. The van der Waals surface area contributed by atoms with Crippen LogP contribution >= 0.6 is 0 Å². The third-order valence-corrected chi connectivity index (χ3v) is 3.40. The standard InChI is InChI=1S/C10H13O3S/c1-9(14(11,12)13)7-8-10-5-3-2-4-6-10/h2-6,9H,7-8H2,1H3. The maximum absolute atomic E-state index is 10.6. The summed E-state index contributed by atoms with van der Waals surface area (Å²) < 4.78 is 31.8. The fourth-order valence-corrected chi connectivity index (χ4v) is 1.57. The largest absolute Gasteiger partial charge is 0.297 e. The van der Waals surface area contributed by atoms with E-state index in [1.54, 1.807) is 0 Å². The molecular weight excluding hydrogens is 200 g/mol. The molecule has 1 radical (unpaired) electrons. The van der Waals surface area contributed by atoms with Gasteiger partial charge in [0.05, 0.1) is 5.25 Å². The number of rotatable bonds is 4. The summed E-state index contributed by atoms with van der Waals surface area (Å²) in [5, 5.41) is -0.803. The summed E-state index contributed by atoms with van der Waals surface area (Å²) in [6.45, 7) is 1.45. The molecule has 0 N–H and O–H groups in total. The predicted octanol–water partition coefficient (Wildman–Crippen LogP) is 1.77. The molecule has 0 fully saturated rings. The number of aryl methyl sites for hydroxylation is 1. The van der Waals surface area contributed by atoms with E-state index in [0.717, 1.165) is 5.56 Å². The smallest absolute Gasteiger partial charge is 0.197 e. The van der Waals surface area contributed by atoms with E-state index in [-0.39, 0.29) is 0 Å². The van der Waals surface area contributed by atoms with Crippen molar-refractivity contribution in [2.75, 3.05) is 0 Å². The summed E-state index contributed by atoms with van der Waals surface area (Å²) in [4.78, 5) is 0. The van der Waals surface area contributed by atoms with Crippen LogP contribution in [0.3, 0.4) is 0 Å². The van der Waals surface area contributed by atoms with Crippen molar-refractivity contribution in [2.45, 2.75) is 25.0 Å². The van der Waals surface area contributed by atoms with E-state index in [9.17, 15) is 13.0 Å². The quantitative estimate of drug-likeness (QED) is 0.765. The molecule has 0 amide bonds. The molecule has 1 aromatic carbocycles. The van der Waals surface area contributed by atoms with Gasteiger partial charge in [-0.25, -0.2) is 0 Å². The Hall–Kier alpha value is -0.870. The summed E-state index contributed by atoms with van der Waals surface area (Å²) >= 11 is 0. The fraction of sp³-hybridized carbons (Fsp3) is 0.400. The van der Waals surface area contributed by atoms with Gasteiger partial charge >= 0.3 is 0 Å². The van der Waals surface area contributed by atoms with Crippen LogP contribution in [0, 0.1) is 0 Å². The Balaban J connectivity index is 2.50. The second-order valence-corrected chi connectivity index (χ2v) is 5.12. The molecule has 0 aromatic heterocycles. The third-order valence-electron chi connectivity index (χ3n) is 2.18. The Bertz CT molecular complexity index is 370. The highest BCUT2D eigenvalue weighted by atomic mass is 32.2. The molecule has 1 aromatic rings. The lowest BCUT2D eigenvalue weighted by atomic mass is 10.1. The lowest BCUT2D eigenvalue weighted by Crippen LogP contribution is -2.15. The van der Waals surface area contributed by atoms with Crippen LogP contribution in [0.5, 0.6) is 0 Å². The molecule has 1 rings (SSSR count). The van der Waals surface area contributed by atoms with Crippen LogP contribution in [0.25, 0.3) is 0 Å². The first-order chi connectivity index (χ1) is 6.50. The van der Waals surface area contributed by atoms with Gasteiger partial charge < -0.3 is 0 Å². The lowest BCUT2D eigenvalue weighted by molar-refractivity contribution is 0.401. The summed E-state index contributed by atoms with van der Waals surface area (Å²) in [5.74, 6) is 0. The Morgan fingerprint density at radius 3 is 2.29 bits per heavy atom. The zero-order valence-electron chi connectivity index (χ0n) is 8.01. The molecule has 0 spiro atoms. The van der Waals surface area contributed by atoms with E-state index in [2.05, 4.69) is 0 Å². The minimum atomic E-state index is -4.12. The molecule has 4 heteroatoms. The topological polar surface area (TPSA) is 54.0 Å². The van der Waals surface area contributed by atoms with E-state index in [4.69, 9.17) is 0 Å². The predicted molar refractivity (Wildman–Crippen MR) is 53.8 cm³/mol. The van der Waals surface area contributed by atoms with Gasteiger partial charge in [-0.1, -0.05) is 34.9 Å². The van der Waals surface area contributed by atoms with E-state index >= 15 is 0 Å². The van der Waals surface area contributed by atoms with E-state index in [1.165, 1.54) is 6.92 Å². The molecule has 1 atom stereocenters. The average Bonchev–Trinajstić information content (AvgIpc) is 2.14. The van der Waals surface area contributed by atoms with Gasteiger partial charge in [0.1, 0.15) is 0 Å². The van der Waals surface area contributed by atoms with Crippen LogP contribution in [-0.2, 0) is 21.1 Å². The molecule has 0 aliphatic rings. The molecular formula is C10H13O3S. The molecule has 0 saturated heterocycles. The van der Waals surface area contributed by atoms with Gasteiger partial charge in [0.15, 0.2) is 0 Å². The van der Waals surface area contributed by atoms with Gasteiger partial charge in [0.2, 0.25) is 0 Å². The van der Waals surface area contributed by atoms with Crippen molar-refractivity contribution < 1.29 is 13.0 Å². The van der Waals surface area contributed by atoms with Crippen LogP contribution in [0.15, 0.2) is 30.3 Å². The Morgan fingerprint density at radius 2 is 1.79 bits per heavy atom. The number of benzene rings is 1. The van der Waals surface area contributed by atoms with E-state index in [0.29, 0.717) is 12.8 Å². The normalized spacial score (nSPS) is 13.9. The average molecular weight is 213 g/mol. The van der Waals surface area contributed by atoms with Gasteiger partial charge in [0.25, 0.3) is 10.1 Å². The number of hydrogen-bond donors (Lipinski definition) is 0. The van der Waals surface area contributed by atoms with Crippen molar-refractivity contribution in [1.82, 2.24) is 0 Å². The van der Waals surface area contributed by atoms with Gasteiger partial charge in [-0.3, -0.25) is 0 Å². The van der Waals surface area contributed by atoms with Crippen LogP contribution in [-0.4, -0.2) is 13.7 Å². The fourth-order valence-electron chi connectivity index (χ4n) is 1.16. The lowest BCUT2D eigenvalue weighted by Gasteiger charge is -2.05. The van der Waals surface area contributed by atoms with Crippen LogP contribution in [0.4, 0.5) is 0 Å². The van der Waals surface area contributed by atoms with Crippen LogP contribution in [0.2, 0.25) is 0 Å². The highest BCUT2D eigenvalue weighted by Gasteiger charge is 2.18. The first-order valence-corrected chi connectivity index (χ1v) is 5.96. The van der Waals surface area contributed by atoms with Crippen molar-refractivity contribution >= 4 is 10.1 Å². The molecule has 0 saturated carbocycles. The second kappa shape index (κ2) is 4.57. The van der Waals surface area contributed by atoms with Crippen LogP contribution in [0.1, 0.15) is 18.9 Å². The first-order valence-electron chi connectivity index (χ1n) is 4.49. The first kappa shape index (κ1) is 11.2. The molecule has 3 nitrogen and oxygen atoms in total. The molecule has 0 aliphatic heterocycles. The van der Waals surface area contributed by atoms with Gasteiger partial charge in [-0.15, -0.1) is 0 Å². The monoisotopic (exact) mass is 213 g/mol. The SMILES string of the molecule is CC(CCc1ccccc1)S([O])(=O)=O. The van der Waals surface area contributed by atoms with E-state index in [1.807, 2.05) is 30.3 Å². The maximum atomic E-state index is 10.6. The summed E-state index contributed by atoms with van der Waals surface area (Å²) in [6, 6.07) is 9.53. The van der Waals surface area contributed by atoms with Crippen molar-refractivity contribution in [2.24, 2.45) is 0 Å². The van der Waals surface area contributed by atoms with Gasteiger partial charge in [0, 0.05) is 0 Å². The Labute approximate surface area is 84.5 Å². The van der Waals surface area contributed by atoms with Crippen molar-refractivity contribution in [3.05, 3.63) is 35.9 Å². The van der Waals surface area contributed by atoms with Crippen molar-refractivity contribution in [1.29, 1.82) is 0 Å². The van der Waals surface area contributed by atoms with Crippen LogP contribution < -0.4 is 0 Å². The van der Waals surface area contributed by atoms with Crippen molar-refractivity contribution in [3.63, 3.8) is 0 Å². The Kier molecular flexibility index (Phi) is 3.66. The Morgan fingerprint density at radius 1 is 1.21 bits per heavy atom. The third kappa shape index (κ3) is 3.47. The minimum Gasteiger partial charge on any atom is -0.197 e. The molecule has 14 heavy (non-hydrogen) atoms. The van der Waals surface area contributed by atoms with E-state index < -0.39 is 15.4 Å². The maximum Gasteiger partial charge on any atom is 0.297 e. The van der Waals surface area contributed by atoms with Gasteiger partial charge in [-0.05, 0) is 25.3 Å². The zero-order valence-corrected chi connectivity index (χ0v) is 8.83. The van der Waals surface area contributed by atoms with Crippen molar-refractivity contribution in [3.8, 4) is 0 Å². The molecule has 77 valence electrons. The molecule has 0 aliphatic carbocycles. The minimum absolute atomic E-state index is 0.385.